The lowest BCUT2D eigenvalue weighted by molar-refractivity contribution is -0.121. The predicted octanol–water partition coefficient (Wildman–Crippen LogP) is 3.65. The molecule has 2 atom stereocenters. The number of carbonyl (C=O) groups excluding carboxylic acids is 1. The number of rotatable bonds is 11. The summed E-state index contributed by atoms with van der Waals surface area (Å²) >= 11 is 0. The fourth-order valence-electron chi connectivity index (χ4n) is 3.20. The van der Waals surface area contributed by atoms with E-state index in [0.29, 0.717) is 18.3 Å². The van der Waals surface area contributed by atoms with Crippen LogP contribution in [0.5, 0.6) is 0 Å². The SMILES string of the molecule is CCCCCCCCCC(=O)NCC1CCCC1CO. The Morgan fingerprint density at radius 1 is 1.05 bits per heavy atom. The summed E-state index contributed by atoms with van der Waals surface area (Å²) in [6.45, 7) is 3.27. The Labute approximate surface area is 124 Å². The molecule has 0 heterocycles. The van der Waals surface area contributed by atoms with Gasteiger partial charge >= 0.3 is 0 Å². The van der Waals surface area contributed by atoms with E-state index in [4.69, 9.17) is 0 Å². The van der Waals surface area contributed by atoms with Crippen LogP contribution in [0.25, 0.3) is 0 Å². The molecule has 2 N–H and O–H groups in total. The third-order valence-corrected chi connectivity index (χ3v) is 4.62. The van der Waals surface area contributed by atoms with Crippen LogP contribution in [-0.4, -0.2) is 24.2 Å². The minimum Gasteiger partial charge on any atom is -0.396 e. The minimum absolute atomic E-state index is 0.196. The average molecular weight is 283 g/mol. The summed E-state index contributed by atoms with van der Waals surface area (Å²) in [5, 5.41) is 12.3. The third kappa shape index (κ3) is 7.28. The number of hydrogen-bond donors (Lipinski definition) is 2. The number of amides is 1. The van der Waals surface area contributed by atoms with Gasteiger partial charge in [-0.3, -0.25) is 4.79 Å². The molecule has 0 spiro atoms. The van der Waals surface area contributed by atoms with Crippen LogP contribution < -0.4 is 5.32 Å². The van der Waals surface area contributed by atoms with Crippen molar-refractivity contribution < 1.29 is 9.90 Å². The van der Waals surface area contributed by atoms with E-state index in [2.05, 4.69) is 12.2 Å². The van der Waals surface area contributed by atoms with Crippen molar-refractivity contribution >= 4 is 5.91 Å². The molecule has 20 heavy (non-hydrogen) atoms. The predicted molar refractivity (Wildman–Crippen MR) is 83.5 cm³/mol. The summed E-state index contributed by atoms with van der Waals surface area (Å²) in [6.07, 6.45) is 12.9. The van der Waals surface area contributed by atoms with Crippen LogP contribution in [0.3, 0.4) is 0 Å². The Bertz CT molecular complexity index is 255. The average Bonchev–Trinajstić information content (AvgIpc) is 2.91. The van der Waals surface area contributed by atoms with Crippen LogP contribution in [-0.2, 0) is 4.79 Å². The maximum atomic E-state index is 11.8. The number of nitrogens with one attached hydrogen (secondary N) is 1. The molecular formula is C17H33NO2. The monoisotopic (exact) mass is 283 g/mol. The highest BCUT2D eigenvalue weighted by atomic mass is 16.3. The second-order valence-electron chi connectivity index (χ2n) is 6.31. The van der Waals surface area contributed by atoms with Crippen LogP contribution in [0.1, 0.15) is 77.6 Å². The fraction of sp³-hybridized carbons (Fsp3) is 0.941. The Balaban J connectivity index is 1.95. The van der Waals surface area contributed by atoms with Gasteiger partial charge in [-0.1, -0.05) is 51.9 Å². The topological polar surface area (TPSA) is 49.3 Å². The lowest BCUT2D eigenvalue weighted by Crippen LogP contribution is -2.31. The van der Waals surface area contributed by atoms with E-state index in [1.807, 2.05) is 0 Å². The molecule has 0 aromatic heterocycles. The van der Waals surface area contributed by atoms with Crippen molar-refractivity contribution in [2.45, 2.75) is 77.6 Å². The summed E-state index contributed by atoms with van der Waals surface area (Å²) in [7, 11) is 0. The molecule has 0 radical (unpaired) electrons. The molecule has 118 valence electrons. The molecule has 2 unspecified atom stereocenters. The van der Waals surface area contributed by atoms with Gasteiger partial charge in [0.25, 0.3) is 0 Å². The number of carbonyl (C=O) groups is 1. The van der Waals surface area contributed by atoms with Gasteiger partial charge in [0.05, 0.1) is 0 Å². The molecule has 1 aliphatic carbocycles. The lowest BCUT2D eigenvalue weighted by Gasteiger charge is -2.17. The first-order chi connectivity index (χ1) is 9.77. The van der Waals surface area contributed by atoms with E-state index in [1.54, 1.807) is 0 Å². The first-order valence-corrected chi connectivity index (χ1v) is 8.65. The van der Waals surface area contributed by atoms with Gasteiger partial charge in [-0.25, -0.2) is 0 Å². The smallest absolute Gasteiger partial charge is 0.220 e. The van der Waals surface area contributed by atoms with Crippen molar-refractivity contribution in [2.75, 3.05) is 13.2 Å². The quantitative estimate of drug-likeness (QED) is 0.569. The van der Waals surface area contributed by atoms with Gasteiger partial charge in [0.15, 0.2) is 0 Å². The van der Waals surface area contributed by atoms with Gasteiger partial charge in [0.1, 0.15) is 0 Å². The molecule has 1 amide bonds. The van der Waals surface area contributed by atoms with Crippen LogP contribution >= 0.6 is 0 Å². The van der Waals surface area contributed by atoms with Crippen molar-refractivity contribution in [2.24, 2.45) is 11.8 Å². The molecule has 0 bridgehead atoms. The first-order valence-electron chi connectivity index (χ1n) is 8.65. The summed E-state index contributed by atoms with van der Waals surface area (Å²) < 4.78 is 0. The molecular weight excluding hydrogens is 250 g/mol. The van der Waals surface area contributed by atoms with E-state index < -0.39 is 0 Å². The van der Waals surface area contributed by atoms with Crippen molar-refractivity contribution in [3.63, 3.8) is 0 Å². The summed E-state index contributed by atoms with van der Waals surface area (Å²) in [4.78, 5) is 11.8. The van der Waals surface area contributed by atoms with E-state index in [-0.39, 0.29) is 12.5 Å². The zero-order chi connectivity index (χ0) is 14.6. The largest absolute Gasteiger partial charge is 0.396 e. The van der Waals surface area contributed by atoms with Crippen molar-refractivity contribution in [3.8, 4) is 0 Å². The van der Waals surface area contributed by atoms with Gasteiger partial charge in [-0.15, -0.1) is 0 Å². The zero-order valence-electron chi connectivity index (χ0n) is 13.2. The van der Waals surface area contributed by atoms with Crippen LogP contribution in [0.15, 0.2) is 0 Å². The normalized spacial score (nSPS) is 22.1. The number of unbranched alkanes of at least 4 members (excludes halogenated alkanes) is 6. The Kier molecular flexibility index (Phi) is 9.73. The van der Waals surface area contributed by atoms with Crippen molar-refractivity contribution in [3.05, 3.63) is 0 Å². The van der Waals surface area contributed by atoms with E-state index in [9.17, 15) is 9.90 Å². The zero-order valence-corrected chi connectivity index (χ0v) is 13.2. The van der Waals surface area contributed by atoms with Gasteiger partial charge in [-0.2, -0.15) is 0 Å². The molecule has 1 aliphatic rings. The standard InChI is InChI=1S/C17H33NO2/c1-2-3-4-5-6-7-8-12-17(20)18-13-15-10-9-11-16(15)14-19/h15-16,19H,2-14H2,1H3,(H,18,20). The van der Waals surface area contributed by atoms with E-state index >= 15 is 0 Å². The highest BCUT2D eigenvalue weighted by Gasteiger charge is 2.26. The van der Waals surface area contributed by atoms with Crippen molar-refractivity contribution in [1.29, 1.82) is 0 Å². The number of hydrogen-bond acceptors (Lipinski definition) is 2. The molecule has 3 nitrogen and oxygen atoms in total. The van der Waals surface area contributed by atoms with Crippen LogP contribution in [0.4, 0.5) is 0 Å². The Hall–Kier alpha value is -0.570. The third-order valence-electron chi connectivity index (χ3n) is 4.62. The maximum absolute atomic E-state index is 11.8. The van der Waals surface area contributed by atoms with Crippen molar-refractivity contribution in [1.82, 2.24) is 5.32 Å². The number of aliphatic hydroxyl groups is 1. The van der Waals surface area contributed by atoms with Gasteiger partial charge in [0, 0.05) is 19.6 Å². The molecule has 1 fully saturated rings. The first kappa shape index (κ1) is 17.5. The second kappa shape index (κ2) is 11.1. The lowest BCUT2D eigenvalue weighted by atomic mass is 9.97. The van der Waals surface area contributed by atoms with Crippen LogP contribution in [0, 0.1) is 11.8 Å². The summed E-state index contributed by atoms with van der Waals surface area (Å²) in [5.41, 5.74) is 0. The molecule has 1 saturated carbocycles. The van der Waals surface area contributed by atoms with Gasteiger partial charge in [0.2, 0.25) is 5.91 Å². The van der Waals surface area contributed by atoms with Crippen LogP contribution in [0.2, 0.25) is 0 Å². The molecule has 1 rings (SSSR count). The maximum Gasteiger partial charge on any atom is 0.220 e. The fourth-order valence-corrected chi connectivity index (χ4v) is 3.20. The minimum atomic E-state index is 0.196. The molecule has 0 aliphatic heterocycles. The number of aliphatic hydroxyl groups excluding tert-OH is 1. The molecule has 0 saturated heterocycles. The Morgan fingerprint density at radius 2 is 1.70 bits per heavy atom. The van der Waals surface area contributed by atoms with E-state index in [0.717, 1.165) is 25.8 Å². The highest BCUT2D eigenvalue weighted by Crippen LogP contribution is 2.30. The second-order valence-corrected chi connectivity index (χ2v) is 6.31. The Morgan fingerprint density at radius 3 is 2.40 bits per heavy atom. The van der Waals surface area contributed by atoms with Gasteiger partial charge < -0.3 is 10.4 Å². The van der Waals surface area contributed by atoms with E-state index in [1.165, 1.54) is 44.9 Å². The van der Waals surface area contributed by atoms with Gasteiger partial charge in [-0.05, 0) is 31.1 Å². The summed E-state index contributed by atoms with van der Waals surface area (Å²) in [6, 6.07) is 0. The molecule has 3 heteroatoms. The molecule has 0 aromatic carbocycles. The highest BCUT2D eigenvalue weighted by molar-refractivity contribution is 5.75. The summed E-state index contributed by atoms with van der Waals surface area (Å²) in [5.74, 6) is 1.11. The molecule has 0 aromatic rings.